The molecule has 1 N–H and O–H groups in total. The number of carbonyl (C=O) groups excluding carboxylic acids is 3. The number of benzene rings is 1. The normalized spacial score (nSPS) is 15.6. The number of rotatable bonds is 16. The van der Waals surface area contributed by atoms with Crippen LogP contribution in [0, 0.1) is 0 Å². The Morgan fingerprint density at radius 1 is 1.10 bits per heavy atom. The molecule has 3 rings (SSSR count). The summed E-state index contributed by atoms with van der Waals surface area (Å²) in [6.07, 6.45) is 2.08. The van der Waals surface area contributed by atoms with Crippen molar-refractivity contribution in [2.24, 2.45) is 0 Å². The van der Waals surface area contributed by atoms with Crippen molar-refractivity contribution in [3.63, 3.8) is 0 Å². The van der Waals surface area contributed by atoms with Gasteiger partial charge in [0.15, 0.2) is 23.3 Å². The topological polar surface area (TPSA) is 132 Å². The van der Waals surface area contributed by atoms with Gasteiger partial charge < -0.3 is 33.7 Å². The van der Waals surface area contributed by atoms with Gasteiger partial charge in [0.1, 0.15) is 17.4 Å². The number of aromatic nitrogens is 1. The summed E-state index contributed by atoms with van der Waals surface area (Å²) in [5, 5.41) is 2.75. The highest BCUT2D eigenvalue weighted by molar-refractivity contribution is 6.00. The fourth-order valence-corrected chi connectivity index (χ4v) is 4.04. The number of ether oxygens (including phenoxy) is 6. The third kappa shape index (κ3) is 8.08. The number of hydrogen-bond acceptors (Lipinski definition) is 10. The van der Waals surface area contributed by atoms with Crippen molar-refractivity contribution in [1.29, 1.82) is 0 Å². The van der Waals surface area contributed by atoms with Crippen molar-refractivity contribution < 1.29 is 42.8 Å². The molecule has 11 nitrogen and oxygen atoms in total. The van der Waals surface area contributed by atoms with Gasteiger partial charge in [-0.2, -0.15) is 0 Å². The van der Waals surface area contributed by atoms with Crippen LogP contribution in [-0.2, 0) is 23.8 Å². The van der Waals surface area contributed by atoms with E-state index in [0.29, 0.717) is 31.6 Å². The zero-order valence-corrected chi connectivity index (χ0v) is 23.6. The van der Waals surface area contributed by atoms with Crippen molar-refractivity contribution in [3.8, 4) is 17.2 Å². The molecule has 1 heterocycles. The Kier molecular flexibility index (Phi) is 11.1. The van der Waals surface area contributed by atoms with Gasteiger partial charge in [0.05, 0.1) is 13.2 Å². The van der Waals surface area contributed by atoms with Crippen LogP contribution in [0.4, 0.5) is 0 Å². The molecular weight excluding hydrogens is 520 g/mol. The summed E-state index contributed by atoms with van der Waals surface area (Å²) >= 11 is 0. The second-order valence-corrected chi connectivity index (χ2v) is 9.45. The van der Waals surface area contributed by atoms with Gasteiger partial charge in [0.25, 0.3) is 5.91 Å². The summed E-state index contributed by atoms with van der Waals surface area (Å²) in [4.78, 5) is 41.9. The number of pyridine rings is 1. The van der Waals surface area contributed by atoms with Crippen molar-refractivity contribution in [1.82, 2.24) is 10.3 Å². The maximum Gasteiger partial charge on any atom is 0.332 e. The summed E-state index contributed by atoms with van der Waals surface area (Å²) in [5.41, 5.74) is -1.34. The van der Waals surface area contributed by atoms with Crippen molar-refractivity contribution in [2.45, 2.75) is 77.2 Å². The van der Waals surface area contributed by atoms with E-state index in [4.69, 9.17) is 28.4 Å². The molecule has 1 aromatic heterocycles. The lowest BCUT2D eigenvalue weighted by molar-refractivity contribution is -0.162. The number of methoxy groups -OCH3 is 1. The van der Waals surface area contributed by atoms with E-state index < -0.39 is 42.4 Å². The molecule has 0 spiro atoms. The predicted octanol–water partition coefficient (Wildman–Crippen LogP) is 3.84. The third-order valence-corrected chi connectivity index (χ3v) is 6.34. The molecular formula is C29H38N2O9. The Morgan fingerprint density at radius 3 is 2.42 bits per heavy atom. The summed E-state index contributed by atoms with van der Waals surface area (Å²) in [5.74, 6) is -0.959. The Bertz CT molecular complexity index is 1140. The summed E-state index contributed by atoms with van der Waals surface area (Å²) < 4.78 is 33.7. The lowest BCUT2D eigenvalue weighted by atomic mass is 10.1. The van der Waals surface area contributed by atoms with Gasteiger partial charge in [0, 0.05) is 25.8 Å². The maximum absolute atomic E-state index is 13.4. The molecule has 0 bridgehead atoms. The Labute approximate surface area is 234 Å². The van der Waals surface area contributed by atoms with E-state index in [0.717, 1.165) is 6.42 Å². The number of nitrogens with one attached hydrogen (secondary N) is 1. The van der Waals surface area contributed by atoms with Gasteiger partial charge in [-0.15, -0.1) is 0 Å². The monoisotopic (exact) mass is 558 g/mol. The van der Waals surface area contributed by atoms with Crippen LogP contribution in [0.5, 0.6) is 17.2 Å². The molecule has 1 aliphatic carbocycles. The number of esters is 2. The summed E-state index contributed by atoms with van der Waals surface area (Å²) in [6.45, 7) is 7.10. The molecule has 1 amide bonds. The minimum Gasteiger partial charge on any atom is -0.493 e. The molecule has 3 atom stereocenters. The van der Waals surface area contributed by atoms with Gasteiger partial charge in [-0.3, -0.25) is 9.59 Å². The van der Waals surface area contributed by atoms with Gasteiger partial charge >= 0.3 is 11.9 Å². The van der Waals surface area contributed by atoms with Gasteiger partial charge in [0.2, 0.25) is 6.79 Å². The number of carbonyl (C=O) groups is 3. The highest BCUT2D eigenvalue weighted by atomic mass is 16.7. The molecule has 0 radical (unpaired) electrons. The first-order valence-electron chi connectivity index (χ1n) is 13.4. The van der Waals surface area contributed by atoms with Crippen LogP contribution in [0.25, 0.3) is 0 Å². The van der Waals surface area contributed by atoms with E-state index in [2.05, 4.69) is 10.3 Å². The Balaban J connectivity index is 1.74. The number of para-hydroxylation sites is 1. The van der Waals surface area contributed by atoms with Crippen LogP contribution in [0.15, 0.2) is 42.6 Å². The SMILES string of the molecule is CCCO[C@@H](CC)[C@@H](Oc1ccccc1)[C@H](C)OC(=O)C1(NC(=O)c2nccc(OC)c2OCOC(C)=O)CC1. The standard InChI is InChI=1S/C29H38N2O9/c1-6-17-36-22(7-2)25(40-21-11-9-8-10-12-21)19(3)39-28(34)29(14-15-29)31-27(33)24-26(38-18-37-20(4)32)23(35-5)13-16-30-24/h8-13,16,19,22,25H,6-7,14-15,17-18H2,1-5H3,(H,31,33)/t19-,22-,25-/m0/s1. The Hall–Kier alpha value is -3.86. The first kappa shape index (κ1) is 30.7. The summed E-state index contributed by atoms with van der Waals surface area (Å²) in [7, 11) is 1.40. The van der Waals surface area contributed by atoms with Crippen molar-refractivity contribution >= 4 is 17.8 Å². The highest BCUT2D eigenvalue weighted by Crippen LogP contribution is 2.39. The number of nitrogens with zero attached hydrogens (tertiary/aromatic N) is 1. The van der Waals surface area contributed by atoms with Crippen LogP contribution >= 0.6 is 0 Å². The van der Waals surface area contributed by atoms with E-state index in [-0.39, 0.29) is 23.3 Å². The number of hydrogen-bond donors (Lipinski definition) is 1. The predicted molar refractivity (Wildman–Crippen MR) is 144 cm³/mol. The zero-order valence-electron chi connectivity index (χ0n) is 23.6. The average Bonchev–Trinajstić information content (AvgIpc) is 3.73. The van der Waals surface area contributed by atoms with E-state index in [1.807, 2.05) is 44.2 Å². The van der Waals surface area contributed by atoms with Gasteiger partial charge in [-0.25, -0.2) is 9.78 Å². The van der Waals surface area contributed by atoms with E-state index in [1.54, 1.807) is 6.92 Å². The maximum atomic E-state index is 13.4. The third-order valence-electron chi connectivity index (χ3n) is 6.34. The highest BCUT2D eigenvalue weighted by Gasteiger charge is 2.54. The molecule has 1 aliphatic rings. The second kappa shape index (κ2) is 14.5. The zero-order chi connectivity index (χ0) is 29.1. The molecule has 11 heteroatoms. The van der Waals surface area contributed by atoms with Crippen molar-refractivity contribution in [3.05, 3.63) is 48.3 Å². The molecule has 40 heavy (non-hydrogen) atoms. The molecule has 1 aromatic carbocycles. The molecule has 0 unspecified atom stereocenters. The molecule has 2 aromatic rings. The Morgan fingerprint density at radius 2 is 1.82 bits per heavy atom. The molecule has 0 saturated heterocycles. The molecule has 1 fully saturated rings. The minimum atomic E-state index is -1.22. The fourth-order valence-electron chi connectivity index (χ4n) is 4.04. The van der Waals surface area contributed by atoms with Gasteiger partial charge in [-0.05, 0) is 44.7 Å². The van der Waals surface area contributed by atoms with E-state index in [9.17, 15) is 14.4 Å². The quantitative estimate of drug-likeness (QED) is 0.239. The van der Waals surface area contributed by atoms with Crippen LogP contribution in [0.3, 0.4) is 0 Å². The lowest BCUT2D eigenvalue weighted by Crippen LogP contribution is -2.49. The summed E-state index contributed by atoms with van der Waals surface area (Å²) in [6, 6.07) is 10.8. The first-order valence-corrected chi connectivity index (χ1v) is 13.4. The molecule has 218 valence electrons. The van der Waals surface area contributed by atoms with E-state index >= 15 is 0 Å². The average molecular weight is 559 g/mol. The van der Waals surface area contributed by atoms with Crippen LogP contribution in [0.1, 0.15) is 63.9 Å². The van der Waals surface area contributed by atoms with Crippen LogP contribution in [0.2, 0.25) is 0 Å². The molecule has 1 saturated carbocycles. The minimum absolute atomic E-state index is 0.0172. The largest absolute Gasteiger partial charge is 0.493 e. The molecule has 0 aliphatic heterocycles. The smallest absolute Gasteiger partial charge is 0.332 e. The fraction of sp³-hybridized carbons (Fsp3) is 0.517. The van der Waals surface area contributed by atoms with E-state index in [1.165, 1.54) is 26.3 Å². The van der Waals surface area contributed by atoms with Crippen LogP contribution < -0.4 is 19.5 Å². The first-order chi connectivity index (χ1) is 19.2. The lowest BCUT2D eigenvalue weighted by Gasteiger charge is -2.32. The number of amides is 1. The van der Waals surface area contributed by atoms with Crippen molar-refractivity contribution in [2.75, 3.05) is 20.5 Å². The second-order valence-electron chi connectivity index (χ2n) is 9.45. The van der Waals surface area contributed by atoms with Gasteiger partial charge in [-0.1, -0.05) is 32.0 Å². The van der Waals surface area contributed by atoms with Crippen LogP contribution in [-0.4, -0.2) is 67.2 Å².